The van der Waals surface area contributed by atoms with Crippen molar-refractivity contribution >= 4 is 15.9 Å². The fourth-order valence-corrected chi connectivity index (χ4v) is 3.42. The van der Waals surface area contributed by atoms with E-state index in [1.165, 1.54) is 0 Å². The summed E-state index contributed by atoms with van der Waals surface area (Å²) in [5.74, 6) is 1.01. The second-order valence-corrected chi connectivity index (χ2v) is 6.71. The van der Waals surface area contributed by atoms with Gasteiger partial charge in [0.05, 0.1) is 4.90 Å². The molecule has 0 radical (unpaired) electrons. The fourth-order valence-electron chi connectivity index (χ4n) is 2.19. The van der Waals surface area contributed by atoms with Crippen LogP contribution in [-0.4, -0.2) is 20.3 Å². The Morgan fingerprint density at radius 3 is 2.56 bits per heavy atom. The quantitative estimate of drug-likeness (QED) is 0.911. The lowest BCUT2D eigenvalue weighted by Gasteiger charge is -2.10. The minimum atomic E-state index is -3.41. The molecule has 1 N–H and O–H groups in total. The summed E-state index contributed by atoms with van der Waals surface area (Å²) in [7, 11) is -3.41. The Morgan fingerprint density at radius 2 is 1.89 bits per heavy atom. The first-order chi connectivity index (χ1) is 8.40. The van der Waals surface area contributed by atoms with Crippen LogP contribution in [0.1, 0.15) is 32.8 Å². The number of nitrogens with zero attached hydrogens (tertiary/aromatic N) is 1. The van der Waals surface area contributed by atoms with E-state index in [1.54, 1.807) is 18.2 Å². The van der Waals surface area contributed by atoms with Crippen molar-refractivity contribution in [3.63, 3.8) is 0 Å². The molecule has 1 aromatic carbocycles. The molecule has 0 saturated heterocycles. The Morgan fingerprint density at radius 1 is 1.22 bits per heavy atom. The van der Waals surface area contributed by atoms with E-state index in [0.29, 0.717) is 22.2 Å². The van der Waals surface area contributed by atoms with Gasteiger partial charge in [0, 0.05) is 11.6 Å². The fraction of sp³-hybridized carbons (Fsp3) is 0.462. The molecule has 1 heterocycles. The van der Waals surface area contributed by atoms with Crippen molar-refractivity contribution in [1.29, 1.82) is 0 Å². The lowest BCUT2D eigenvalue weighted by atomic mass is 10.1. The molecule has 0 fully saturated rings. The first-order valence-electron chi connectivity index (χ1n) is 6.10. The van der Waals surface area contributed by atoms with Crippen molar-refractivity contribution in [1.82, 2.24) is 4.72 Å². The Hall–Kier alpha value is -1.36. The van der Waals surface area contributed by atoms with Crippen LogP contribution >= 0.6 is 0 Å². The van der Waals surface area contributed by atoms with Crippen molar-refractivity contribution in [2.45, 2.75) is 38.1 Å². The van der Waals surface area contributed by atoms with E-state index in [1.807, 2.05) is 13.0 Å². The minimum Gasteiger partial charge on any atom is -0.264 e. The van der Waals surface area contributed by atoms with Gasteiger partial charge in [0.1, 0.15) is 5.84 Å². The second kappa shape index (κ2) is 4.72. The highest BCUT2D eigenvalue weighted by atomic mass is 32.2. The van der Waals surface area contributed by atoms with Crippen molar-refractivity contribution < 1.29 is 8.42 Å². The molecule has 5 heteroatoms. The van der Waals surface area contributed by atoms with Crippen molar-refractivity contribution in [2.24, 2.45) is 10.9 Å². The van der Waals surface area contributed by atoms with Crippen LogP contribution in [0.15, 0.2) is 34.2 Å². The highest BCUT2D eigenvalue weighted by molar-refractivity contribution is 7.90. The van der Waals surface area contributed by atoms with E-state index in [9.17, 15) is 8.42 Å². The summed E-state index contributed by atoms with van der Waals surface area (Å²) in [6.07, 6.45) is 0.938. The number of sulfonamides is 1. The van der Waals surface area contributed by atoms with Gasteiger partial charge in [-0.25, -0.2) is 8.42 Å². The van der Waals surface area contributed by atoms with Gasteiger partial charge in [-0.05, 0) is 31.4 Å². The smallest absolute Gasteiger partial charge is 0.263 e. The van der Waals surface area contributed by atoms with Crippen LogP contribution in [0.5, 0.6) is 0 Å². The third kappa shape index (κ3) is 2.56. The Labute approximate surface area is 108 Å². The minimum absolute atomic E-state index is 0.105. The standard InChI is InChI=1S/C13H18N2O2S/c1-9(2)8-10(3)14-13-11-6-4-5-7-12(11)18(16,17)15-13/h4-7,9-10H,8H2,1-3H3,(H,14,15). The summed E-state index contributed by atoms with van der Waals surface area (Å²) >= 11 is 0. The topological polar surface area (TPSA) is 58.5 Å². The molecule has 0 aromatic heterocycles. The average Bonchev–Trinajstić information content (AvgIpc) is 2.50. The number of amidine groups is 1. The number of hydrogen-bond acceptors (Lipinski definition) is 3. The van der Waals surface area contributed by atoms with E-state index in [2.05, 4.69) is 23.6 Å². The number of hydrogen-bond donors (Lipinski definition) is 1. The molecular weight excluding hydrogens is 248 g/mol. The van der Waals surface area contributed by atoms with Crippen LogP contribution < -0.4 is 4.72 Å². The maximum atomic E-state index is 11.9. The highest BCUT2D eigenvalue weighted by Gasteiger charge is 2.30. The summed E-state index contributed by atoms with van der Waals surface area (Å²) in [5.41, 5.74) is 0.674. The Balaban J connectivity index is 2.36. The van der Waals surface area contributed by atoms with Gasteiger partial charge in [0.2, 0.25) is 0 Å². The summed E-state index contributed by atoms with van der Waals surface area (Å²) in [5, 5.41) is 0. The third-order valence-electron chi connectivity index (χ3n) is 2.82. The van der Waals surface area contributed by atoms with Crippen LogP contribution in [0.3, 0.4) is 0 Å². The zero-order valence-corrected chi connectivity index (χ0v) is 11.7. The van der Waals surface area contributed by atoms with E-state index in [4.69, 9.17) is 0 Å². The predicted molar refractivity (Wildman–Crippen MR) is 72.2 cm³/mol. The Bertz CT molecular complexity index is 576. The molecule has 1 atom stereocenters. The molecule has 1 unspecified atom stereocenters. The molecule has 1 aliphatic rings. The zero-order chi connectivity index (χ0) is 13.3. The number of rotatable bonds is 3. The highest BCUT2D eigenvalue weighted by Crippen LogP contribution is 2.23. The van der Waals surface area contributed by atoms with E-state index < -0.39 is 10.0 Å². The molecule has 0 aliphatic carbocycles. The molecule has 18 heavy (non-hydrogen) atoms. The molecule has 4 nitrogen and oxygen atoms in total. The summed E-state index contributed by atoms with van der Waals surface area (Å²) in [6, 6.07) is 7.04. The van der Waals surface area contributed by atoms with Crippen LogP contribution in [0.4, 0.5) is 0 Å². The van der Waals surface area contributed by atoms with Gasteiger partial charge >= 0.3 is 0 Å². The molecule has 2 rings (SSSR count). The summed E-state index contributed by atoms with van der Waals surface area (Å²) in [4.78, 5) is 4.80. The number of benzene rings is 1. The Kier molecular flexibility index (Phi) is 3.43. The van der Waals surface area contributed by atoms with Crippen molar-refractivity contribution in [2.75, 3.05) is 0 Å². The molecular formula is C13H18N2O2S. The monoisotopic (exact) mass is 266 g/mol. The van der Waals surface area contributed by atoms with Gasteiger partial charge in [0.15, 0.2) is 0 Å². The number of fused-ring (bicyclic) bond motifs is 1. The largest absolute Gasteiger partial charge is 0.264 e. The third-order valence-corrected chi connectivity index (χ3v) is 4.22. The zero-order valence-electron chi connectivity index (χ0n) is 10.8. The van der Waals surface area contributed by atoms with Gasteiger partial charge in [-0.3, -0.25) is 9.71 Å². The molecule has 1 aromatic rings. The van der Waals surface area contributed by atoms with Gasteiger partial charge < -0.3 is 0 Å². The van der Waals surface area contributed by atoms with Gasteiger partial charge in [0.25, 0.3) is 10.0 Å². The first-order valence-corrected chi connectivity index (χ1v) is 7.58. The molecule has 0 bridgehead atoms. The van der Waals surface area contributed by atoms with Crippen LogP contribution in [0, 0.1) is 5.92 Å². The van der Waals surface area contributed by atoms with Gasteiger partial charge in [-0.1, -0.05) is 26.0 Å². The lowest BCUT2D eigenvalue weighted by molar-refractivity contribution is 0.521. The van der Waals surface area contributed by atoms with E-state index in [-0.39, 0.29) is 6.04 Å². The SMILES string of the molecule is CC(C)CC(C)N=C1NS(=O)(=O)c2ccccc21. The molecule has 0 amide bonds. The van der Waals surface area contributed by atoms with Crippen LogP contribution in [0.25, 0.3) is 0 Å². The van der Waals surface area contributed by atoms with Crippen LogP contribution in [-0.2, 0) is 10.0 Å². The first kappa shape index (κ1) is 13.1. The molecule has 98 valence electrons. The molecule has 0 saturated carbocycles. The van der Waals surface area contributed by atoms with Crippen molar-refractivity contribution in [3.05, 3.63) is 29.8 Å². The number of aliphatic imine (C=N–C) groups is 1. The maximum absolute atomic E-state index is 11.9. The number of nitrogens with one attached hydrogen (secondary N) is 1. The predicted octanol–water partition coefficient (Wildman–Crippen LogP) is 2.16. The molecule has 0 spiro atoms. The van der Waals surface area contributed by atoms with Gasteiger partial charge in [-0.2, -0.15) is 0 Å². The lowest BCUT2D eigenvalue weighted by Crippen LogP contribution is -2.23. The summed E-state index contributed by atoms with van der Waals surface area (Å²) in [6.45, 7) is 6.26. The normalized spacial score (nSPS) is 20.8. The second-order valence-electron chi connectivity index (χ2n) is 5.06. The van der Waals surface area contributed by atoms with Crippen molar-refractivity contribution in [3.8, 4) is 0 Å². The van der Waals surface area contributed by atoms with E-state index >= 15 is 0 Å². The van der Waals surface area contributed by atoms with Crippen LogP contribution in [0.2, 0.25) is 0 Å². The molecule has 1 aliphatic heterocycles. The van der Waals surface area contributed by atoms with Gasteiger partial charge in [-0.15, -0.1) is 0 Å². The average molecular weight is 266 g/mol. The van der Waals surface area contributed by atoms with E-state index in [0.717, 1.165) is 6.42 Å². The maximum Gasteiger partial charge on any atom is 0.263 e. The summed E-state index contributed by atoms with van der Waals surface area (Å²) < 4.78 is 26.3.